The van der Waals surface area contributed by atoms with Crippen molar-refractivity contribution in [1.29, 1.82) is 0 Å². The van der Waals surface area contributed by atoms with Crippen LogP contribution in [0.3, 0.4) is 0 Å². The molecule has 0 bridgehead atoms. The van der Waals surface area contributed by atoms with E-state index >= 15 is 0 Å². The summed E-state index contributed by atoms with van der Waals surface area (Å²) in [6.45, 7) is 5.01. The van der Waals surface area contributed by atoms with Crippen molar-refractivity contribution in [1.82, 2.24) is 14.5 Å². The molecule has 0 saturated carbocycles. The highest BCUT2D eigenvalue weighted by atomic mass is 32.1. The molecule has 34 heavy (non-hydrogen) atoms. The maximum absolute atomic E-state index is 13.8. The summed E-state index contributed by atoms with van der Waals surface area (Å²) in [5.74, 6) is -0.243. The number of fused-ring (bicyclic) bond motifs is 3. The topological polar surface area (TPSA) is 82.3 Å². The van der Waals surface area contributed by atoms with E-state index in [1.165, 1.54) is 25.3 Å². The molecule has 7 nitrogen and oxygen atoms in total. The Labute approximate surface area is 202 Å². The third kappa shape index (κ3) is 4.25. The van der Waals surface area contributed by atoms with Crippen LogP contribution in [0, 0.1) is 13.8 Å². The zero-order valence-corrected chi connectivity index (χ0v) is 20.6. The predicted molar refractivity (Wildman–Crippen MR) is 134 cm³/mol. The van der Waals surface area contributed by atoms with E-state index in [4.69, 9.17) is 4.74 Å². The Morgan fingerprint density at radius 2 is 1.94 bits per heavy atom. The summed E-state index contributed by atoms with van der Waals surface area (Å²) in [6.07, 6.45) is 6.96. The number of aryl methyl sites for hydroxylation is 4. The average molecular weight is 482 g/mol. The van der Waals surface area contributed by atoms with E-state index in [2.05, 4.69) is 5.32 Å². The summed E-state index contributed by atoms with van der Waals surface area (Å²) < 4.78 is 8.35. The minimum Gasteiger partial charge on any atom is -0.376 e. The van der Waals surface area contributed by atoms with Gasteiger partial charge in [-0.15, -0.1) is 11.3 Å². The van der Waals surface area contributed by atoms with Gasteiger partial charge in [0.2, 0.25) is 5.91 Å². The summed E-state index contributed by atoms with van der Waals surface area (Å²) >= 11 is 1.51. The second-order valence-electron chi connectivity index (χ2n) is 9.46. The number of rotatable bonds is 5. The smallest absolute Gasteiger partial charge is 0.337 e. The van der Waals surface area contributed by atoms with E-state index in [9.17, 15) is 14.4 Å². The lowest BCUT2D eigenvalue weighted by Gasteiger charge is -2.15. The van der Waals surface area contributed by atoms with E-state index in [0.29, 0.717) is 22.4 Å². The second-order valence-corrected chi connectivity index (χ2v) is 10.5. The van der Waals surface area contributed by atoms with Crippen LogP contribution in [-0.2, 0) is 28.9 Å². The second kappa shape index (κ2) is 9.50. The molecule has 1 saturated heterocycles. The molecule has 1 aliphatic heterocycles. The molecule has 5 rings (SSSR count). The van der Waals surface area contributed by atoms with Crippen molar-refractivity contribution in [2.45, 2.75) is 71.4 Å². The first-order valence-electron chi connectivity index (χ1n) is 12.2. The van der Waals surface area contributed by atoms with Crippen molar-refractivity contribution in [3.05, 3.63) is 60.6 Å². The predicted octanol–water partition coefficient (Wildman–Crippen LogP) is 3.39. The SMILES string of the molecule is Cc1ccc(-n2c(=O)c3c4c(sc3n(CC(=O)NC[C@H]3CCCO3)c2=O)CCCCC4)cc1C. The minimum absolute atomic E-state index is 0.0305. The van der Waals surface area contributed by atoms with Crippen LogP contribution in [0.2, 0.25) is 0 Å². The molecule has 1 amide bonds. The van der Waals surface area contributed by atoms with Gasteiger partial charge in [0, 0.05) is 18.0 Å². The molecule has 3 heterocycles. The molecule has 2 aliphatic rings. The van der Waals surface area contributed by atoms with Gasteiger partial charge in [-0.3, -0.25) is 14.2 Å². The van der Waals surface area contributed by atoms with Crippen molar-refractivity contribution < 1.29 is 9.53 Å². The van der Waals surface area contributed by atoms with Crippen LogP contribution in [0.1, 0.15) is 53.7 Å². The monoisotopic (exact) mass is 481 g/mol. The minimum atomic E-state index is -0.468. The molecular weight excluding hydrogens is 450 g/mol. The number of aromatic nitrogens is 2. The van der Waals surface area contributed by atoms with Gasteiger partial charge in [-0.1, -0.05) is 12.5 Å². The van der Waals surface area contributed by atoms with Crippen LogP contribution in [0.25, 0.3) is 15.9 Å². The molecule has 0 spiro atoms. The van der Waals surface area contributed by atoms with Gasteiger partial charge < -0.3 is 10.1 Å². The fourth-order valence-corrected chi connectivity index (χ4v) is 6.38. The fourth-order valence-electron chi connectivity index (χ4n) is 5.01. The summed E-state index contributed by atoms with van der Waals surface area (Å²) in [5.41, 5.74) is 2.96. The molecule has 180 valence electrons. The van der Waals surface area contributed by atoms with E-state index in [-0.39, 0.29) is 24.1 Å². The summed E-state index contributed by atoms with van der Waals surface area (Å²) in [4.78, 5) is 42.2. The molecule has 2 aromatic heterocycles. The fraction of sp³-hybridized carbons (Fsp3) is 0.500. The maximum Gasteiger partial charge on any atom is 0.337 e. The Morgan fingerprint density at radius 1 is 1.12 bits per heavy atom. The van der Waals surface area contributed by atoms with Crippen LogP contribution < -0.4 is 16.6 Å². The van der Waals surface area contributed by atoms with Gasteiger partial charge in [-0.2, -0.15) is 0 Å². The van der Waals surface area contributed by atoms with Gasteiger partial charge in [0.1, 0.15) is 11.4 Å². The first-order chi connectivity index (χ1) is 16.4. The summed E-state index contributed by atoms with van der Waals surface area (Å²) in [7, 11) is 0. The molecule has 1 N–H and O–H groups in total. The van der Waals surface area contributed by atoms with E-state index in [0.717, 1.165) is 68.2 Å². The molecule has 1 aromatic carbocycles. The molecular formula is C26H31N3O4S. The van der Waals surface area contributed by atoms with Crippen molar-refractivity contribution in [3.8, 4) is 5.69 Å². The maximum atomic E-state index is 13.8. The molecule has 1 atom stereocenters. The van der Waals surface area contributed by atoms with Gasteiger partial charge in [-0.05, 0) is 81.2 Å². The molecule has 1 aliphatic carbocycles. The molecule has 0 unspecified atom stereocenters. The normalized spacial score (nSPS) is 18.1. The van der Waals surface area contributed by atoms with Gasteiger partial charge in [0.25, 0.3) is 5.56 Å². The first-order valence-corrected chi connectivity index (χ1v) is 13.0. The van der Waals surface area contributed by atoms with Gasteiger partial charge in [0.05, 0.1) is 17.2 Å². The van der Waals surface area contributed by atoms with Crippen LogP contribution in [0.5, 0.6) is 0 Å². The average Bonchev–Trinajstić information content (AvgIpc) is 3.40. The summed E-state index contributed by atoms with van der Waals surface area (Å²) in [6, 6.07) is 5.61. The third-order valence-corrected chi connectivity index (χ3v) is 8.40. The quantitative estimate of drug-likeness (QED) is 0.567. The van der Waals surface area contributed by atoms with Crippen LogP contribution in [0.4, 0.5) is 0 Å². The van der Waals surface area contributed by atoms with Crippen molar-refractivity contribution >= 4 is 27.5 Å². The number of amides is 1. The number of carbonyl (C=O) groups is 1. The molecule has 3 aromatic rings. The number of benzene rings is 1. The lowest BCUT2D eigenvalue weighted by atomic mass is 10.1. The number of ether oxygens (including phenoxy) is 1. The van der Waals surface area contributed by atoms with Crippen LogP contribution in [-0.4, -0.2) is 34.3 Å². The Balaban J connectivity index is 1.63. The highest BCUT2D eigenvalue weighted by molar-refractivity contribution is 7.18. The third-order valence-electron chi connectivity index (χ3n) is 7.09. The standard InChI is InChI=1S/C26H31N3O4S/c1-16-10-11-18(13-17(16)2)29-24(31)23-20-8-4-3-5-9-21(20)34-25(23)28(26(29)32)15-22(30)27-14-19-7-6-12-33-19/h10-11,13,19H,3-9,12,14-15H2,1-2H3,(H,27,30)/t19-/m1/s1. The first kappa shape index (κ1) is 23.1. The van der Waals surface area contributed by atoms with E-state index in [1.54, 1.807) is 0 Å². The number of hydrogen-bond donors (Lipinski definition) is 1. The Bertz CT molecular complexity index is 1360. The van der Waals surface area contributed by atoms with Crippen molar-refractivity contribution in [2.75, 3.05) is 13.2 Å². The largest absolute Gasteiger partial charge is 0.376 e. The number of nitrogens with zero attached hydrogens (tertiary/aromatic N) is 2. The Morgan fingerprint density at radius 3 is 2.71 bits per heavy atom. The summed E-state index contributed by atoms with van der Waals surface area (Å²) in [5, 5.41) is 3.52. The molecule has 0 radical (unpaired) electrons. The number of hydrogen-bond acceptors (Lipinski definition) is 5. The highest BCUT2D eigenvalue weighted by Crippen LogP contribution is 2.33. The zero-order chi connectivity index (χ0) is 23.8. The molecule has 8 heteroatoms. The van der Waals surface area contributed by atoms with Gasteiger partial charge in [-0.25, -0.2) is 9.36 Å². The Hall–Kier alpha value is -2.71. The number of thiophene rings is 1. The molecule has 1 fully saturated rings. The Kier molecular flexibility index (Phi) is 6.44. The number of nitrogens with one attached hydrogen (secondary N) is 1. The van der Waals surface area contributed by atoms with Crippen molar-refractivity contribution in [3.63, 3.8) is 0 Å². The highest BCUT2D eigenvalue weighted by Gasteiger charge is 2.25. The van der Waals surface area contributed by atoms with Gasteiger partial charge >= 0.3 is 5.69 Å². The van der Waals surface area contributed by atoms with Gasteiger partial charge in [0.15, 0.2) is 0 Å². The zero-order valence-electron chi connectivity index (χ0n) is 19.8. The van der Waals surface area contributed by atoms with Crippen molar-refractivity contribution in [2.24, 2.45) is 0 Å². The lowest BCUT2D eigenvalue weighted by Crippen LogP contribution is -2.42. The van der Waals surface area contributed by atoms with E-state index in [1.807, 2.05) is 32.0 Å². The lowest BCUT2D eigenvalue weighted by molar-refractivity contribution is -0.122. The number of carbonyl (C=O) groups excluding carboxylic acids is 1. The van der Waals surface area contributed by atoms with E-state index < -0.39 is 5.69 Å². The van der Waals surface area contributed by atoms with Crippen LogP contribution in [0.15, 0.2) is 27.8 Å². The van der Waals surface area contributed by atoms with Crippen LogP contribution >= 0.6 is 11.3 Å².